The summed E-state index contributed by atoms with van der Waals surface area (Å²) in [6, 6.07) is 14.2. The summed E-state index contributed by atoms with van der Waals surface area (Å²) in [6.45, 7) is 0. The molecule has 1 amide bonds. The summed E-state index contributed by atoms with van der Waals surface area (Å²) in [6.07, 6.45) is 0.196. The highest BCUT2D eigenvalue weighted by Crippen LogP contribution is 2.19. The van der Waals surface area contributed by atoms with Crippen LogP contribution >= 0.6 is 34.8 Å². The largest absolute Gasteiger partial charge is 0.478 e. The van der Waals surface area contributed by atoms with Crippen LogP contribution in [-0.4, -0.2) is 22.1 Å². The number of aromatic carboxylic acids is 1. The lowest BCUT2D eigenvalue weighted by Crippen LogP contribution is -2.35. The van der Waals surface area contributed by atoms with Crippen molar-refractivity contribution in [3.05, 3.63) is 63.2 Å². The molecule has 2 aromatic carbocycles. The molecule has 0 aliphatic rings. The average molecular weight is 440 g/mol. The normalized spacial score (nSPS) is 9.96. The monoisotopic (exact) mass is 440 g/mol. The van der Waals surface area contributed by atoms with Crippen molar-refractivity contribution in [2.45, 2.75) is 6.42 Å². The third kappa shape index (κ3) is 5.29. The Balaban J connectivity index is 2.00. The number of amides is 1. The van der Waals surface area contributed by atoms with Gasteiger partial charge in [-0.05, 0) is 58.6 Å². The zero-order valence-electron chi connectivity index (χ0n) is 11.9. The van der Waals surface area contributed by atoms with Gasteiger partial charge in [-0.25, -0.2) is 4.79 Å². The number of rotatable bonds is 4. The van der Waals surface area contributed by atoms with Crippen LogP contribution in [0.25, 0.3) is 0 Å². The molecule has 0 atom stereocenters. The van der Waals surface area contributed by atoms with Gasteiger partial charge in [0.05, 0.1) is 17.7 Å². The lowest BCUT2D eigenvalue weighted by Gasteiger charge is -2.12. The van der Waals surface area contributed by atoms with Gasteiger partial charge in [0.15, 0.2) is 5.11 Å². The minimum atomic E-state index is -1.07. The van der Waals surface area contributed by atoms with Crippen LogP contribution in [0.1, 0.15) is 15.9 Å². The highest BCUT2D eigenvalue weighted by Gasteiger charge is 2.13. The molecule has 118 valence electrons. The predicted molar refractivity (Wildman–Crippen MR) is 101 cm³/mol. The van der Waals surface area contributed by atoms with E-state index in [1.54, 1.807) is 12.1 Å². The highest BCUT2D eigenvalue weighted by atomic mass is 127. The molecular weight excluding hydrogens is 427 g/mol. The molecule has 0 aromatic heterocycles. The molecule has 2 rings (SSSR count). The Morgan fingerprint density at radius 1 is 1.13 bits per heavy atom. The zero-order valence-corrected chi connectivity index (χ0v) is 14.8. The first-order chi connectivity index (χ1) is 11.0. The van der Waals surface area contributed by atoms with E-state index in [1.807, 2.05) is 52.9 Å². The summed E-state index contributed by atoms with van der Waals surface area (Å²) in [5, 5.41) is 14.6. The Bertz CT molecular complexity index is 750. The maximum atomic E-state index is 11.9. The molecule has 3 N–H and O–H groups in total. The van der Waals surface area contributed by atoms with Crippen LogP contribution in [0.2, 0.25) is 0 Å². The molecule has 0 bridgehead atoms. The van der Waals surface area contributed by atoms with Crippen molar-refractivity contribution in [3.63, 3.8) is 0 Å². The second kappa shape index (κ2) is 8.02. The van der Waals surface area contributed by atoms with Gasteiger partial charge in [0, 0.05) is 3.57 Å². The third-order valence-electron chi connectivity index (χ3n) is 2.92. The molecule has 0 fully saturated rings. The van der Waals surface area contributed by atoms with Gasteiger partial charge in [0.1, 0.15) is 0 Å². The fraction of sp³-hybridized carbons (Fsp3) is 0.0625. The summed E-state index contributed by atoms with van der Waals surface area (Å²) < 4.78 is 0.796. The Hall–Kier alpha value is -2.00. The van der Waals surface area contributed by atoms with Gasteiger partial charge in [-0.2, -0.15) is 0 Å². The van der Waals surface area contributed by atoms with E-state index in [9.17, 15) is 14.7 Å². The van der Waals surface area contributed by atoms with E-state index < -0.39 is 5.97 Å². The number of carbonyl (C=O) groups is 2. The number of carboxylic acids is 1. The van der Waals surface area contributed by atoms with Crippen LogP contribution in [-0.2, 0) is 11.2 Å². The average Bonchev–Trinajstić information content (AvgIpc) is 2.49. The molecule has 0 spiro atoms. The maximum Gasteiger partial charge on any atom is 0.337 e. The standard InChI is InChI=1S/C16H13IN2O3S/c17-11-6-7-13(12(9-11)15(21)22)18-16(23)19-14(20)8-10-4-2-1-3-5-10/h1-7,9H,8H2,(H,21,22)(H2,18,19,20,23). The van der Waals surface area contributed by atoms with Gasteiger partial charge >= 0.3 is 5.97 Å². The number of nitrogens with one attached hydrogen (secondary N) is 2. The van der Waals surface area contributed by atoms with E-state index >= 15 is 0 Å². The molecule has 0 aliphatic carbocycles. The van der Waals surface area contributed by atoms with Gasteiger partial charge < -0.3 is 15.7 Å². The van der Waals surface area contributed by atoms with Gasteiger partial charge in [-0.1, -0.05) is 30.3 Å². The number of carboxylic acid groups (broad SMARTS) is 1. The van der Waals surface area contributed by atoms with Crippen molar-refractivity contribution in [1.29, 1.82) is 0 Å². The Kier molecular flexibility index (Phi) is 6.05. The summed E-state index contributed by atoms with van der Waals surface area (Å²) in [4.78, 5) is 23.2. The van der Waals surface area contributed by atoms with Crippen molar-refractivity contribution in [1.82, 2.24) is 5.32 Å². The fourth-order valence-corrected chi connectivity index (χ4v) is 2.62. The molecule has 5 nitrogen and oxygen atoms in total. The number of hydrogen-bond acceptors (Lipinski definition) is 3. The van der Waals surface area contributed by atoms with Crippen molar-refractivity contribution in [2.75, 3.05) is 5.32 Å². The van der Waals surface area contributed by atoms with Crippen LogP contribution in [0.5, 0.6) is 0 Å². The summed E-state index contributed by atoms with van der Waals surface area (Å²) in [7, 11) is 0. The number of anilines is 1. The molecule has 0 aliphatic heterocycles. The van der Waals surface area contributed by atoms with Gasteiger partial charge in [0.25, 0.3) is 0 Å². The maximum absolute atomic E-state index is 11.9. The van der Waals surface area contributed by atoms with E-state index in [4.69, 9.17) is 12.2 Å². The molecule has 0 unspecified atom stereocenters. The van der Waals surface area contributed by atoms with Crippen LogP contribution in [0.4, 0.5) is 5.69 Å². The first kappa shape index (κ1) is 17.4. The molecule has 2 aromatic rings. The van der Waals surface area contributed by atoms with Crippen molar-refractivity contribution >= 4 is 57.5 Å². The zero-order chi connectivity index (χ0) is 16.8. The van der Waals surface area contributed by atoms with Crippen LogP contribution in [0, 0.1) is 3.57 Å². The van der Waals surface area contributed by atoms with E-state index in [0.717, 1.165) is 9.13 Å². The lowest BCUT2D eigenvalue weighted by molar-refractivity contribution is -0.119. The molecule has 23 heavy (non-hydrogen) atoms. The highest BCUT2D eigenvalue weighted by molar-refractivity contribution is 14.1. The van der Waals surface area contributed by atoms with Gasteiger partial charge in [0.2, 0.25) is 5.91 Å². The Morgan fingerprint density at radius 2 is 1.83 bits per heavy atom. The van der Waals surface area contributed by atoms with E-state index in [-0.39, 0.29) is 23.0 Å². The lowest BCUT2D eigenvalue weighted by atomic mass is 10.1. The predicted octanol–water partition coefficient (Wildman–Crippen LogP) is 3.05. The van der Waals surface area contributed by atoms with Crippen molar-refractivity contribution in [2.24, 2.45) is 0 Å². The number of halogens is 1. The van der Waals surface area contributed by atoms with Crippen molar-refractivity contribution < 1.29 is 14.7 Å². The van der Waals surface area contributed by atoms with Gasteiger partial charge in [-0.3, -0.25) is 4.79 Å². The fourth-order valence-electron chi connectivity index (χ4n) is 1.91. The van der Waals surface area contributed by atoms with Gasteiger partial charge in [-0.15, -0.1) is 0 Å². The quantitative estimate of drug-likeness (QED) is 0.504. The first-order valence-corrected chi connectivity index (χ1v) is 8.12. The Labute approximate surface area is 152 Å². The Morgan fingerprint density at radius 3 is 2.48 bits per heavy atom. The van der Waals surface area contributed by atoms with E-state index in [0.29, 0.717) is 5.69 Å². The number of carbonyl (C=O) groups excluding carboxylic acids is 1. The second-order valence-electron chi connectivity index (χ2n) is 4.66. The summed E-state index contributed by atoms with van der Waals surface area (Å²) >= 11 is 7.10. The van der Waals surface area contributed by atoms with E-state index in [2.05, 4.69) is 10.6 Å². The molecule has 0 saturated carbocycles. The first-order valence-electron chi connectivity index (χ1n) is 6.63. The second-order valence-corrected chi connectivity index (χ2v) is 6.31. The van der Waals surface area contributed by atoms with Crippen LogP contribution in [0.15, 0.2) is 48.5 Å². The minimum Gasteiger partial charge on any atom is -0.478 e. The third-order valence-corrected chi connectivity index (χ3v) is 3.80. The van der Waals surface area contributed by atoms with E-state index in [1.165, 1.54) is 6.07 Å². The number of hydrogen-bond donors (Lipinski definition) is 3. The topological polar surface area (TPSA) is 78.4 Å². The summed E-state index contributed by atoms with van der Waals surface area (Å²) in [5.41, 5.74) is 1.30. The molecule has 7 heteroatoms. The van der Waals surface area contributed by atoms with Crippen LogP contribution in [0.3, 0.4) is 0 Å². The molecule has 0 saturated heterocycles. The number of benzene rings is 2. The smallest absolute Gasteiger partial charge is 0.337 e. The number of thiocarbonyl (C=S) groups is 1. The van der Waals surface area contributed by atoms with Crippen LogP contribution < -0.4 is 10.6 Å². The molecule has 0 radical (unpaired) electrons. The van der Waals surface area contributed by atoms with Crippen molar-refractivity contribution in [3.8, 4) is 0 Å². The molecule has 0 heterocycles. The minimum absolute atomic E-state index is 0.0645. The molecular formula is C16H13IN2O3S. The summed E-state index contributed by atoms with van der Waals surface area (Å²) in [5.74, 6) is -1.33. The SMILES string of the molecule is O=C(Cc1ccccc1)NC(=S)Nc1ccc(I)cc1C(=O)O.